The van der Waals surface area contributed by atoms with E-state index in [1.165, 1.54) is 6.21 Å². The first kappa shape index (κ1) is 22.0. The smallest absolute Gasteiger partial charge is 0.277 e. The minimum absolute atomic E-state index is 0.152. The molecule has 0 aliphatic rings. The summed E-state index contributed by atoms with van der Waals surface area (Å²) in [7, 11) is 0. The van der Waals surface area contributed by atoms with E-state index >= 15 is 0 Å². The maximum Gasteiger partial charge on any atom is 0.277 e. The van der Waals surface area contributed by atoms with Gasteiger partial charge in [0.25, 0.3) is 5.91 Å². The number of carbonyl (C=O) groups excluding carboxylic acids is 1. The highest BCUT2D eigenvalue weighted by Gasteiger charge is 2.02. The normalized spacial score (nSPS) is 10.8. The van der Waals surface area contributed by atoms with E-state index in [1.807, 2.05) is 30.3 Å². The Hall–Kier alpha value is -2.73. The SMILES string of the molecule is O=C(COc1ccc(Cl)cc1)N/N=C\c1ccc(OCc2ccc(Cl)c(Cl)c2)cc1. The van der Waals surface area contributed by atoms with Gasteiger partial charge >= 0.3 is 0 Å². The number of ether oxygens (including phenoxy) is 2. The number of hydrazone groups is 1. The molecule has 1 N–H and O–H groups in total. The number of benzene rings is 3. The average molecular weight is 464 g/mol. The zero-order valence-electron chi connectivity index (χ0n) is 15.6. The molecule has 8 heteroatoms. The van der Waals surface area contributed by atoms with Crippen molar-refractivity contribution in [2.75, 3.05) is 6.61 Å². The van der Waals surface area contributed by atoms with Crippen LogP contribution in [-0.2, 0) is 11.4 Å². The number of nitrogens with one attached hydrogen (secondary N) is 1. The van der Waals surface area contributed by atoms with Crippen LogP contribution in [0.3, 0.4) is 0 Å². The number of amides is 1. The molecule has 0 atom stereocenters. The first-order valence-corrected chi connectivity index (χ1v) is 10.00. The summed E-state index contributed by atoms with van der Waals surface area (Å²) in [5.41, 5.74) is 4.13. The summed E-state index contributed by atoms with van der Waals surface area (Å²) in [6, 6.07) is 19.4. The Morgan fingerprint density at radius 2 is 1.53 bits per heavy atom. The van der Waals surface area contributed by atoms with Crippen LogP contribution in [-0.4, -0.2) is 18.7 Å². The summed E-state index contributed by atoms with van der Waals surface area (Å²) >= 11 is 17.7. The van der Waals surface area contributed by atoms with Crippen LogP contribution >= 0.6 is 34.8 Å². The van der Waals surface area contributed by atoms with Crippen molar-refractivity contribution in [2.45, 2.75) is 6.61 Å². The van der Waals surface area contributed by atoms with Crippen molar-refractivity contribution < 1.29 is 14.3 Å². The van der Waals surface area contributed by atoms with Crippen molar-refractivity contribution in [2.24, 2.45) is 5.10 Å². The Labute approximate surface area is 189 Å². The van der Waals surface area contributed by atoms with Crippen LogP contribution < -0.4 is 14.9 Å². The van der Waals surface area contributed by atoms with E-state index in [0.717, 1.165) is 11.1 Å². The number of rotatable bonds is 8. The summed E-state index contributed by atoms with van der Waals surface area (Å²) < 4.78 is 11.1. The molecule has 5 nitrogen and oxygen atoms in total. The Kier molecular flexibility index (Phi) is 7.97. The van der Waals surface area contributed by atoms with Gasteiger partial charge in [0.2, 0.25) is 0 Å². The molecule has 0 fully saturated rings. The molecule has 0 aliphatic heterocycles. The van der Waals surface area contributed by atoms with E-state index in [9.17, 15) is 4.79 Å². The summed E-state index contributed by atoms with van der Waals surface area (Å²) in [6.07, 6.45) is 1.53. The summed E-state index contributed by atoms with van der Waals surface area (Å²) in [5.74, 6) is 0.872. The van der Waals surface area contributed by atoms with E-state index in [2.05, 4.69) is 10.5 Å². The lowest BCUT2D eigenvalue weighted by Gasteiger charge is -2.07. The summed E-state index contributed by atoms with van der Waals surface area (Å²) in [6.45, 7) is 0.217. The molecule has 0 heterocycles. The van der Waals surface area contributed by atoms with Gasteiger partial charge in [-0.1, -0.05) is 40.9 Å². The second-order valence-corrected chi connectivity index (χ2v) is 7.39. The van der Waals surface area contributed by atoms with Crippen LogP contribution in [0, 0.1) is 0 Å². The number of carbonyl (C=O) groups is 1. The quantitative estimate of drug-likeness (QED) is 0.341. The Balaban J connectivity index is 1.42. The van der Waals surface area contributed by atoms with Gasteiger partial charge in [-0.3, -0.25) is 4.79 Å². The maximum absolute atomic E-state index is 11.8. The molecule has 3 aromatic rings. The molecule has 0 radical (unpaired) electrons. The lowest BCUT2D eigenvalue weighted by atomic mass is 10.2. The van der Waals surface area contributed by atoms with Crippen LogP contribution in [0.1, 0.15) is 11.1 Å². The van der Waals surface area contributed by atoms with E-state index in [-0.39, 0.29) is 12.5 Å². The molecule has 30 heavy (non-hydrogen) atoms. The predicted molar refractivity (Wildman–Crippen MR) is 120 cm³/mol. The van der Waals surface area contributed by atoms with Crippen LogP contribution in [0.4, 0.5) is 0 Å². The highest BCUT2D eigenvalue weighted by Crippen LogP contribution is 2.23. The minimum atomic E-state index is -0.372. The van der Waals surface area contributed by atoms with Gasteiger partial charge in [0.1, 0.15) is 18.1 Å². The van der Waals surface area contributed by atoms with Gasteiger partial charge < -0.3 is 9.47 Å². The molecule has 3 rings (SSSR count). The number of hydrogen-bond acceptors (Lipinski definition) is 4. The molecule has 0 spiro atoms. The van der Waals surface area contributed by atoms with Crippen LogP contribution in [0.2, 0.25) is 15.1 Å². The molecule has 0 unspecified atom stereocenters. The largest absolute Gasteiger partial charge is 0.489 e. The summed E-state index contributed by atoms with van der Waals surface area (Å²) in [5, 5.41) is 5.51. The third kappa shape index (κ3) is 6.95. The molecule has 0 aliphatic carbocycles. The third-order valence-corrected chi connectivity index (χ3v) is 4.85. The van der Waals surface area contributed by atoms with Crippen LogP contribution in [0.25, 0.3) is 0 Å². The van der Waals surface area contributed by atoms with Crippen molar-refractivity contribution >= 4 is 46.9 Å². The first-order valence-electron chi connectivity index (χ1n) is 8.87. The number of halogens is 3. The monoisotopic (exact) mass is 462 g/mol. The molecule has 0 saturated carbocycles. The van der Waals surface area contributed by atoms with E-state index in [1.54, 1.807) is 36.4 Å². The molecule has 3 aromatic carbocycles. The van der Waals surface area contributed by atoms with Gasteiger partial charge in [0.05, 0.1) is 16.3 Å². The molecule has 154 valence electrons. The van der Waals surface area contributed by atoms with E-state index in [0.29, 0.717) is 33.2 Å². The fourth-order valence-corrected chi connectivity index (χ4v) is 2.78. The van der Waals surface area contributed by atoms with Gasteiger partial charge in [-0.25, -0.2) is 5.43 Å². The van der Waals surface area contributed by atoms with E-state index < -0.39 is 0 Å². The van der Waals surface area contributed by atoms with Gasteiger partial charge in [-0.15, -0.1) is 0 Å². The molecule has 0 saturated heterocycles. The zero-order valence-corrected chi connectivity index (χ0v) is 17.9. The first-order chi connectivity index (χ1) is 14.5. The molecule has 1 amide bonds. The van der Waals surface area contributed by atoms with Gasteiger partial charge in [-0.05, 0) is 71.8 Å². The second kappa shape index (κ2) is 10.9. The lowest BCUT2D eigenvalue weighted by Crippen LogP contribution is -2.24. The Morgan fingerprint density at radius 1 is 0.867 bits per heavy atom. The fraction of sp³-hybridized carbons (Fsp3) is 0.0909. The standard InChI is InChI=1S/C22H17Cl3N2O3/c23-17-4-8-19(9-5-17)30-14-22(28)27-26-12-15-1-6-18(7-2-15)29-13-16-3-10-20(24)21(25)11-16/h1-12H,13-14H2,(H,27,28)/b26-12-. The van der Waals surface area contributed by atoms with Crippen molar-refractivity contribution in [3.05, 3.63) is 92.9 Å². The van der Waals surface area contributed by atoms with Crippen LogP contribution in [0.15, 0.2) is 71.8 Å². The third-order valence-electron chi connectivity index (χ3n) is 3.86. The average Bonchev–Trinajstić information content (AvgIpc) is 2.75. The number of nitrogens with zero attached hydrogens (tertiary/aromatic N) is 1. The van der Waals surface area contributed by atoms with Crippen LogP contribution in [0.5, 0.6) is 11.5 Å². The topological polar surface area (TPSA) is 59.9 Å². The van der Waals surface area contributed by atoms with Crippen molar-refractivity contribution in [3.63, 3.8) is 0 Å². The van der Waals surface area contributed by atoms with Gasteiger partial charge in [0, 0.05) is 5.02 Å². The number of hydrogen-bond donors (Lipinski definition) is 1. The van der Waals surface area contributed by atoms with Gasteiger partial charge in [0.15, 0.2) is 6.61 Å². The van der Waals surface area contributed by atoms with Crippen molar-refractivity contribution in [1.82, 2.24) is 5.43 Å². The Morgan fingerprint density at radius 3 is 2.23 bits per heavy atom. The Bertz CT molecular complexity index is 1020. The van der Waals surface area contributed by atoms with Gasteiger partial charge in [-0.2, -0.15) is 5.10 Å². The zero-order chi connectivity index (χ0) is 21.3. The highest BCUT2D eigenvalue weighted by atomic mass is 35.5. The molecular weight excluding hydrogens is 447 g/mol. The molecule has 0 bridgehead atoms. The fourth-order valence-electron chi connectivity index (χ4n) is 2.34. The maximum atomic E-state index is 11.8. The molecular formula is C22H17Cl3N2O3. The highest BCUT2D eigenvalue weighted by molar-refractivity contribution is 6.42. The minimum Gasteiger partial charge on any atom is -0.489 e. The lowest BCUT2D eigenvalue weighted by molar-refractivity contribution is -0.123. The second-order valence-electron chi connectivity index (χ2n) is 6.14. The van der Waals surface area contributed by atoms with E-state index in [4.69, 9.17) is 44.3 Å². The molecule has 0 aromatic heterocycles. The summed E-state index contributed by atoms with van der Waals surface area (Å²) in [4.78, 5) is 11.8. The predicted octanol–water partition coefficient (Wildman–Crippen LogP) is 5.75. The van der Waals surface area contributed by atoms with Crippen molar-refractivity contribution in [3.8, 4) is 11.5 Å². The van der Waals surface area contributed by atoms with Crippen molar-refractivity contribution in [1.29, 1.82) is 0 Å².